The second-order valence-electron chi connectivity index (χ2n) is 4.32. The van der Waals surface area contributed by atoms with Crippen LogP contribution in [0, 0.1) is 0 Å². The molecular weight excluding hydrogens is 266 g/mol. The van der Waals surface area contributed by atoms with Crippen molar-refractivity contribution in [3.05, 3.63) is 47.5 Å². The summed E-state index contributed by atoms with van der Waals surface area (Å²) in [6, 6.07) is 10.3. The van der Waals surface area contributed by atoms with Gasteiger partial charge in [-0.25, -0.2) is 0 Å². The van der Waals surface area contributed by atoms with Crippen LogP contribution in [0.4, 0.5) is 5.69 Å². The van der Waals surface area contributed by atoms with Crippen LogP contribution in [0.5, 0.6) is 11.5 Å². The van der Waals surface area contributed by atoms with E-state index in [2.05, 4.69) is 0 Å². The molecule has 2 aromatic rings. The number of hydrogen-bond donors (Lipinski definition) is 2. The second kappa shape index (κ2) is 3.97. The lowest BCUT2D eigenvalue weighted by atomic mass is 10.00. The molecule has 0 bridgehead atoms. The maximum absolute atomic E-state index is 11.5. The number of ether oxygens (including phenoxy) is 1. The van der Waals surface area contributed by atoms with Crippen LogP contribution < -0.4 is 10.5 Å². The number of rotatable bonds is 1. The van der Waals surface area contributed by atoms with E-state index in [0.717, 1.165) is 5.56 Å². The monoisotopic (exact) mass is 277 g/mol. The SMILES string of the molecule is Nc1ccc2c(c1S(=O)(=O)O)Cc1ccccc1O2. The number of fused-ring (bicyclic) bond motifs is 2. The molecule has 6 heteroatoms. The molecular formula is C13H11NO4S. The smallest absolute Gasteiger partial charge is 0.297 e. The Labute approximate surface area is 110 Å². The number of nitrogens with two attached hydrogens (primary N) is 1. The van der Waals surface area contributed by atoms with Crippen molar-refractivity contribution < 1.29 is 17.7 Å². The number of nitrogen functional groups attached to an aromatic ring is 1. The molecule has 3 rings (SSSR count). The summed E-state index contributed by atoms with van der Waals surface area (Å²) in [6.07, 6.45) is 0.353. The molecule has 1 aliphatic heterocycles. The maximum Gasteiger partial charge on any atom is 0.297 e. The Morgan fingerprint density at radius 2 is 1.84 bits per heavy atom. The van der Waals surface area contributed by atoms with Crippen molar-refractivity contribution in [2.24, 2.45) is 0 Å². The van der Waals surface area contributed by atoms with Crippen LogP contribution in [0.25, 0.3) is 0 Å². The molecule has 1 heterocycles. The molecule has 0 unspecified atom stereocenters. The van der Waals surface area contributed by atoms with Gasteiger partial charge in [0.25, 0.3) is 10.1 Å². The molecule has 2 aromatic carbocycles. The van der Waals surface area contributed by atoms with Crippen LogP contribution in [-0.4, -0.2) is 13.0 Å². The Morgan fingerprint density at radius 1 is 1.11 bits per heavy atom. The van der Waals surface area contributed by atoms with Gasteiger partial charge in [-0.2, -0.15) is 8.42 Å². The minimum absolute atomic E-state index is 0.0178. The summed E-state index contributed by atoms with van der Waals surface area (Å²) in [5, 5.41) is 0. The predicted octanol–water partition coefficient (Wildman–Crippen LogP) is 2.21. The molecule has 98 valence electrons. The Bertz CT molecular complexity index is 768. The van der Waals surface area contributed by atoms with Gasteiger partial charge in [0.15, 0.2) is 0 Å². The van der Waals surface area contributed by atoms with E-state index in [1.165, 1.54) is 6.07 Å². The average Bonchev–Trinajstić information content (AvgIpc) is 2.34. The zero-order valence-electron chi connectivity index (χ0n) is 9.83. The van der Waals surface area contributed by atoms with Gasteiger partial charge in [0.1, 0.15) is 16.4 Å². The third-order valence-corrected chi connectivity index (χ3v) is 4.06. The fraction of sp³-hybridized carbons (Fsp3) is 0.0769. The number of benzene rings is 2. The lowest BCUT2D eigenvalue weighted by molar-refractivity contribution is 0.451. The minimum atomic E-state index is -4.38. The predicted molar refractivity (Wildman–Crippen MR) is 70.0 cm³/mol. The van der Waals surface area contributed by atoms with Gasteiger partial charge >= 0.3 is 0 Å². The lowest BCUT2D eigenvalue weighted by Gasteiger charge is -2.22. The quantitative estimate of drug-likeness (QED) is 0.526. The molecule has 19 heavy (non-hydrogen) atoms. The topological polar surface area (TPSA) is 89.6 Å². The summed E-state index contributed by atoms with van der Waals surface area (Å²) in [4.78, 5) is -0.264. The van der Waals surface area contributed by atoms with Gasteiger partial charge < -0.3 is 10.5 Å². The standard InChI is InChI=1S/C13H11NO4S/c14-10-5-6-12-9(13(10)19(15,16)17)7-8-3-1-2-4-11(8)18-12/h1-6H,7,14H2,(H,15,16,17). The van der Waals surface area contributed by atoms with E-state index in [1.54, 1.807) is 6.07 Å². The summed E-state index contributed by atoms with van der Waals surface area (Å²) in [5.74, 6) is 1.08. The summed E-state index contributed by atoms with van der Waals surface area (Å²) in [5.41, 5.74) is 6.92. The molecule has 0 saturated heterocycles. The van der Waals surface area contributed by atoms with Crippen molar-refractivity contribution in [3.8, 4) is 11.5 Å². The molecule has 0 amide bonds. The zero-order valence-corrected chi connectivity index (χ0v) is 10.6. The highest BCUT2D eigenvalue weighted by Gasteiger charge is 2.27. The first kappa shape index (κ1) is 12.0. The molecule has 0 fully saturated rings. The number of anilines is 1. The third-order valence-electron chi connectivity index (χ3n) is 3.07. The van der Waals surface area contributed by atoms with Crippen molar-refractivity contribution in [3.63, 3.8) is 0 Å². The summed E-state index contributed by atoms with van der Waals surface area (Å²) >= 11 is 0. The molecule has 0 radical (unpaired) electrons. The largest absolute Gasteiger partial charge is 0.457 e. The molecule has 0 aromatic heterocycles. The van der Waals surface area contributed by atoms with Gasteiger partial charge in [0, 0.05) is 12.0 Å². The van der Waals surface area contributed by atoms with Crippen LogP contribution in [-0.2, 0) is 16.5 Å². The van der Waals surface area contributed by atoms with Gasteiger partial charge in [-0.15, -0.1) is 0 Å². The zero-order chi connectivity index (χ0) is 13.6. The molecule has 3 N–H and O–H groups in total. The van der Waals surface area contributed by atoms with E-state index in [9.17, 15) is 13.0 Å². The van der Waals surface area contributed by atoms with Gasteiger partial charge in [0.05, 0.1) is 5.69 Å². The summed E-state index contributed by atoms with van der Waals surface area (Å²) in [6.45, 7) is 0. The molecule has 1 aliphatic rings. The number of hydrogen-bond acceptors (Lipinski definition) is 4. The van der Waals surface area contributed by atoms with Crippen molar-refractivity contribution in [1.82, 2.24) is 0 Å². The van der Waals surface area contributed by atoms with E-state index >= 15 is 0 Å². The third kappa shape index (κ3) is 1.94. The molecule has 0 atom stereocenters. The highest BCUT2D eigenvalue weighted by molar-refractivity contribution is 7.86. The van der Waals surface area contributed by atoms with E-state index in [-0.39, 0.29) is 10.6 Å². The molecule has 5 nitrogen and oxygen atoms in total. The van der Waals surface area contributed by atoms with E-state index in [4.69, 9.17) is 10.5 Å². The average molecular weight is 277 g/mol. The van der Waals surface area contributed by atoms with Crippen LogP contribution in [0.1, 0.15) is 11.1 Å². The molecule has 0 spiro atoms. The molecule has 0 aliphatic carbocycles. The fourth-order valence-corrected chi connectivity index (χ4v) is 3.10. The van der Waals surface area contributed by atoms with Crippen molar-refractivity contribution in [2.45, 2.75) is 11.3 Å². The number of para-hydroxylation sites is 1. The van der Waals surface area contributed by atoms with Gasteiger partial charge in [-0.1, -0.05) is 18.2 Å². The van der Waals surface area contributed by atoms with Crippen molar-refractivity contribution >= 4 is 15.8 Å². The molecule has 0 saturated carbocycles. The van der Waals surface area contributed by atoms with Crippen LogP contribution in [0.3, 0.4) is 0 Å². The van der Waals surface area contributed by atoms with E-state index < -0.39 is 10.1 Å². The van der Waals surface area contributed by atoms with Gasteiger partial charge in [-0.05, 0) is 23.8 Å². The van der Waals surface area contributed by atoms with E-state index in [0.29, 0.717) is 23.5 Å². The highest BCUT2D eigenvalue weighted by Crippen LogP contribution is 2.41. The van der Waals surface area contributed by atoms with Crippen LogP contribution in [0.2, 0.25) is 0 Å². The van der Waals surface area contributed by atoms with Gasteiger partial charge in [-0.3, -0.25) is 4.55 Å². The maximum atomic E-state index is 11.5. The fourth-order valence-electron chi connectivity index (χ4n) is 2.25. The summed E-state index contributed by atoms with van der Waals surface area (Å²) < 4.78 is 37.9. The Balaban J connectivity index is 2.24. The minimum Gasteiger partial charge on any atom is -0.457 e. The highest BCUT2D eigenvalue weighted by atomic mass is 32.2. The van der Waals surface area contributed by atoms with Crippen LogP contribution >= 0.6 is 0 Å². The Morgan fingerprint density at radius 3 is 2.58 bits per heavy atom. The Kier molecular flexibility index (Phi) is 2.51. The van der Waals surface area contributed by atoms with Crippen LogP contribution in [0.15, 0.2) is 41.3 Å². The lowest BCUT2D eigenvalue weighted by Crippen LogP contribution is -2.12. The van der Waals surface area contributed by atoms with E-state index in [1.807, 2.05) is 24.3 Å². The normalized spacial score (nSPS) is 13.3. The van der Waals surface area contributed by atoms with Crippen molar-refractivity contribution in [2.75, 3.05) is 5.73 Å². The first-order chi connectivity index (χ1) is 8.97. The summed E-state index contributed by atoms with van der Waals surface area (Å²) in [7, 11) is -4.38. The first-order valence-corrected chi connectivity index (χ1v) is 7.05. The Hall–Kier alpha value is -2.05. The van der Waals surface area contributed by atoms with Crippen molar-refractivity contribution in [1.29, 1.82) is 0 Å². The van der Waals surface area contributed by atoms with Gasteiger partial charge in [0.2, 0.25) is 0 Å². The second-order valence-corrected chi connectivity index (χ2v) is 5.68. The first-order valence-electron chi connectivity index (χ1n) is 5.61.